The molecule has 2 rings (SSSR count). The predicted octanol–water partition coefficient (Wildman–Crippen LogP) is 7.47. The van der Waals surface area contributed by atoms with Crippen LogP contribution in [0.5, 0.6) is 0 Å². The molecule has 0 aliphatic heterocycles. The Hall–Kier alpha value is -0.0400. The van der Waals surface area contributed by atoms with Gasteiger partial charge in [0, 0.05) is 0 Å². The van der Waals surface area contributed by atoms with Gasteiger partial charge in [-0.2, -0.15) is 0 Å². The van der Waals surface area contributed by atoms with Crippen LogP contribution in [0, 0.1) is 34.5 Å². The van der Waals surface area contributed by atoms with E-state index < -0.39 is 5.60 Å². The van der Waals surface area contributed by atoms with Crippen LogP contribution in [0.15, 0.2) is 0 Å². The molecule has 2 fully saturated rings. The van der Waals surface area contributed by atoms with Gasteiger partial charge in [0.15, 0.2) is 0 Å². The minimum Gasteiger partial charge on any atom is -0.390 e. The van der Waals surface area contributed by atoms with E-state index in [-0.39, 0.29) is 0 Å². The highest BCUT2D eigenvalue weighted by Crippen LogP contribution is 2.42. The summed E-state index contributed by atoms with van der Waals surface area (Å²) in [6.07, 6.45) is 10.8. The molecule has 0 aromatic heterocycles. The van der Waals surface area contributed by atoms with E-state index in [1.54, 1.807) is 0 Å². The maximum Gasteiger partial charge on any atom is 0.0619 e. The lowest BCUT2D eigenvalue weighted by molar-refractivity contribution is -0.0150. The lowest BCUT2D eigenvalue weighted by Gasteiger charge is -2.40. The van der Waals surface area contributed by atoms with Crippen molar-refractivity contribution in [2.45, 2.75) is 119 Å². The summed E-state index contributed by atoms with van der Waals surface area (Å²) in [4.78, 5) is 0. The Balaban J connectivity index is 0.000000257. The van der Waals surface area contributed by atoms with Crippen LogP contribution in [0.25, 0.3) is 0 Å². The number of hydrogen-bond acceptors (Lipinski definition) is 1. The van der Waals surface area contributed by atoms with Crippen molar-refractivity contribution in [3.8, 4) is 0 Å². The van der Waals surface area contributed by atoms with Crippen LogP contribution in [0.4, 0.5) is 0 Å². The summed E-state index contributed by atoms with van der Waals surface area (Å²) in [5.74, 6) is 3.34. The molecule has 0 spiro atoms. The molecule has 0 radical (unpaired) electrons. The smallest absolute Gasteiger partial charge is 0.0619 e. The molecule has 0 heterocycles. The Bertz CT molecular complexity index is 338. The lowest BCUT2D eigenvalue weighted by Crippen LogP contribution is -2.36. The van der Waals surface area contributed by atoms with Gasteiger partial charge in [-0.1, -0.05) is 61.3 Å². The molecular weight excluding hydrogens is 304 g/mol. The normalized spacial score (nSPS) is 31.9. The van der Waals surface area contributed by atoms with Gasteiger partial charge in [0.2, 0.25) is 0 Å². The summed E-state index contributed by atoms with van der Waals surface area (Å²) >= 11 is 0. The molecule has 0 aromatic rings. The third kappa shape index (κ3) is 8.02. The first kappa shape index (κ1) is 23.0. The molecule has 2 aliphatic carbocycles. The molecule has 0 saturated heterocycles. The first-order chi connectivity index (χ1) is 11.2. The average molecular weight is 353 g/mol. The SMILES string of the molecule is CC(C)(C)C1CCC(C(C)(C)O)CC1.CC1CCC(C(C)(C)C)CC1. The molecule has 0 unspecified atom stereocenters. The molecule has 0 amide bonds. The fourth-order valence-electron chi connectivity index (χ4n) is 4.79. The molecule has 1 N–H and O–H groups in total. The second-order valence-electron chi connectivity index (χ2n) is 11.9. The van der Waals surface area contributed by atoms with Crippen molar-refractivity contribution < 1.29 is 5.11 Å². The molecule has 150 valence electrons. The van der Waals surface area contributed by atoms with E-state index >= 15 is 0 Å². The molecule has 0 atom stereocenters. The highest BCUT2D eigenvalue weighted by atomic mass is 16.3. The summed E-state index contributed by atoms with van der Waals surface area (Å²) in [6, 6.07) is 0. The van der Waals surface area contributed by atoms with Gasteiger partial charge < -0.3 is 5.11 Å². The molecule has 0 bridgehead atoms. The summed E-state index contributed by atoms with van der Waals surface area (Å²) in [6.45, 7) is 20.4. The highest BCUT2D eigenvalue weighted by Gasteiger charge is 2.35. The van der Waals surface area contributed by atoms with E-state index in [0.717, 1.165) is 17.8 Å². The van der Waals surface area contributed by atoms with Crippen molar-refractivity contribution in [1.29, 1.82) is 0 Å². The van der Waals surface area contributed by atoms with Crippen molar-refractivity contribution in [3.05, 3.63) is 0 Å². The highest BCUT2D eigenvalue weighted by molar-refractivity contribution is 4.86. The maximum atomic E-state index is 9.93. The number of hydrogen-bond donors (Lipinski definition) is 1. The van der Waals surface area contributed by atoms with Crippen molar-refractivity contribution in [2.75, 3.05) is 0 Å². The minimum atomic E-state index is -0.469. The molecule has 0 aromatic carbocycles. The Kier molecular flexibility index (Phi) is 8.06. The zero-order valence-corrected chi connectivity index (χ0v) is 18.9. The minimum absolute atomic E-state index is 0.449. The van der Waals surface area contributed by atoms with Crippen molar-refractivity contribution in [2.24, 2.45) is 34.5 Å². The molecule has 2 aliphatic rings. The Morgan fingerprint density at radius 1 is 0.520 bits per heavy atom. The lowest BCUT2D eigenvalue weighted by atomic mass is 9.67. The largest absolute Gasteiger partial charge is 0.390 e. The predicted molar refractivity (Wildman–Crippen MR) is 112 cm³/mol. The van der Waals surface area contributed by atoms with E-state index in [1.165, 1.54) is 51.4 Å². The second-order valence-corrected chi connectivity index (χ2v) is 11.9. The number of aliphatic hydroxyl groups is 1. The molecule has 25 heavy (non-hydrogen) atoms. The van der Waals surface area contributed by atoms with Gasteiger partial charge in [-0.25, -0.2) is 0 Å². The van der Waals surface area contributed by atoms with Gasteiger partial charge in [-0.05, 0) is 86.9 Å². The van der Waals surface area contributed by atoms with Crippen LogP contribution in [-0.2, 0) is 0 Å². The van der Waals surface area contributed by atoms with Gasteiger partial charge in [-0.3, -0.25) is 0 Å². The summed E-state index contributed by atoms with van der Waals surface area (Å²) < 4.78 is 0. The van der Waals surface area contributed by atoms with Crippen LogP contribution >= 0.6 is 0 Å². The Morgan fingerprint density at radius 2 is 0.800 bits per heavy atom. The van der Waals surface area contributed by atoms with E-state index in [1.807, 2.05) is 13.8 Å². The Morgan fingerprint density at radius 3 is 1.08 bits per heavy atom. The van der Waals surface area contributed by atoms with Gasteiger partial charge in [0.05, 0.1) is 5.60 Å². The van der Waals surface area contributed by atoms with Gasteiger partial charge in [0.25, 0.3) is 0 Å². The van der Waals surface area contributed by atoms with E-state index in [0.29, 0.717) is 16.7 Å². The van der Waals surface area contributed by atoms with E-state index in [9.17, 15) is 5.11 Å². The van der Waals surface area contributed by atoms with Gasteiger partial charge in [0.1, 0.15) is 0 Å². The van der Waals surface area contributed by atoms with Crippen LogP contribution in [0.3, 0.4) is 0 Å². The standard InChI is InChI=1S/C13H26O.C11H22/c1-12(2,3)10-6-8-11(9-7-10)13(4,5)14;1-9-5-7-10(8-6-9)11(2,3)4/h10-11,14H,6-9H2,1-5H3;9-10H,5-8H2,1-4H3. The van der Waals surface area contributed by atoms with Crippen molar-refractivity contribution in [3.63, 3.8) is 0 Å². The second kappa shape index (κ2) is 8.77. The van der Waals surface area contributed by atoms with Gasteiger partial charge in [-0.15, -0.1) is 0 Å². The molecule has 1 heteroatoms. The van der Waals surface area contributed by atoms with Crippen LogP contribution in [0.2, 0.25) is 0 Å². The third-order valence-corrected chi connectivity index (χ3v) is 7.19. The molecular formula is C24H48O. The average Bonchev–Trinajstić information content (AvgIpc) is 2.46. The first-order valence-corrected chi connectivity index (χ1v) is 10.9. The van der Waals surface area contributed by atoms with E-state index in [4.69, 9.17) is 0 Å². The summed E-state index contributed by atoms with van der Waals surface area (Å²) in [7, 11) is 0. The molecule has 1 nitrogen and oxygen atoms in total. The Labute approximate surface area is 159 Å². The topological polar surface area (TPSA) is 20.2 Å². The van der Waals surface area contributed by atoms with Crippen LogP contribution in [0.1, 0.15) is 114 Å². The summed E-state index contributed by atoms with van der Waals surface area (Å²) in [5.41, 5.74) is 0.535. The van der Waals surface area contributed by atoms with E-state index in [2.05, 4.69) is 48.5 Å². The van der Waals surface area contributed by atoms with Crippen LogP contribution in [-0.4, -0.2) is 10.7 Å². The maximum absolute atomic E-state index is 9.93. The van der Waals surface area contributed by atoms with Crippen molar-refractivity contribution >= 4 is 0 Å². The zero-order valence-electron chi connectivity index (χ0n) is 18.9. The van der Waals surface area contributed by atoms with Gasteiger partial charge >= 0.3 is 0 Å². The fraction of sp³-hybridized carbons (Fsp3) is 1.00. The zero-order chi connectivity index (χ0) is 19.5. The number of rotatable bonds is 1. The first-order valence-electron chi connectivity index (χ1n) is 10.9. The van der Waals surface area contributed by atoms with Crippen molar-refractivity contribution in [1.82, 2.24) is 0 Å². The monoisotopic (exact) mass is 352 g/mol. The third-order valence-electron chi connectivity index (χ3n) is 7.19. The quantitative estimate of drug-likeness (QED) is 0.519. The summed E-state index contributed by atoms with van der Waals surface area (Å²) in [5, 5.41) is 9.93. The van der Waals surface area contributed by atoms with Crippen LogP contribution < -0.4 is 0 Å². The fourth-order valence-corrected chi connectivity index (χ4v) is 4.79. The molecule has 2 saturated carbocycles.